The van der Waals surface area contributed by atoms with E-state index in [1.54, 1.807) is 34.6 Å². The number of nitrogens with zero attached hydrogens (tertiary/aromatic N) is 1. The number of carbonyl (C=O) groups excluding carboxylic acids is 1. The molecule has 2 aliphatic rings. The molecule has 39 heavy (non-hydrogen) atoms. The fraction of sp³-hybridized carbons (Fsp3) is 0.375. The maximum atomic E-state index is 14.1. The summed E-state index contributed by atoms with van der Waals surface area (Å²) in [6.45, 7) is 0. The molecule has 3 atom stereocenters. The van der Waals surface area contributed by atoms with Crippen LogP contribution in [0.15, 0.2) is 72.6 Å². The molecule has 0 N–H and O–H groups in total. The minimum absolute atomic E-state index is 0.0800. The third-order valence-electron chi connectivity index (χ3n) is 7.93. The van der Waals surface area contributed by atoms with E-state index in [0.29, 0.717) is 35.8 Å². The van der Waals surface area contributed by atoms with Crippen LogP contribution in [0.4, 0.5) is 0 Å². The molecule has 1 saturated carbocycles. The molecule has 7 nitrogen and oxygen atoms in total. The predicted octanol–water partition coefficient (Wildman–Crippen LogP) is 6.02. The number of pyridine rings is 1. The van der Waals surface area contributed by atoms with Crippen molar-refractivity contribution in [3.63, 3.8) is 0 Å². The summed E-state index contributed by atoms with van der Waals surface area (Å²) in [5.74, 6) is 2.54. The molecule has 2 aromatic carbocycles. The van der Waals surface area contributed by atoms with Crippen molar-refractivity contribution in [3.8, 4) is 23.0 Å². The van der Waals surface area contributed by atoms with Gasteiger partial charge in [-0.05, 0) is 84.7 Å². The highest BCUT2D eigenvalue weighted by atomic mass is 16.5. The molecule has 1 spiro atoms. The van der Waals surface area contributed by atoms with Crippen LogP contribution in [0.2, 0.25) is 0 Å². The summed E-state index contributed by atoms with van der Waals surface area (Å²) in [5.41, 5.74) is 3.00. The Morgan fingerprint density at radius 1 is 0.923 bits per heavy atom. The fourth-order valence-corrected chi connectivity index (χ4v) is 5.93. The Kier molecular flexibility index (Phi) is 7.89. The number of methoxy groups -OCH3 is 4. The van der Waals surface area contributed by atoms with E-state index in [1.807, 2.05) is 48.7 Å². The molecule has 1 aromatic heterocycles. The van der Waals surface area contributed by atoms with E-state index in [-0.39, 0.29) is 17.8 Å². The number of aromatic nitrogens is 1. The van der Waals surface area contributed by atoms with Gasteiger partial charge in [-0.1, -0.05) is 24.3 Å². The topological polar surface area (TPSA) is 76.1 Å². The molecule has 1 saturated heterocycles. The number of ether oxygens (including phenoxy) is 5. The van der Waals surface area contributed by atoms with Crippen LogP contribution in [0.5, 0.6) is 23.0 Å². The summed E-state index contributed by atoms with van der Waals surface area (Å²) in [4.78, 5) is 18.3. The lowest BCUT2D eigenvalue weighted by Crippen LogP contribution is -2.38. The molecule has 1 aliphatic carbocycles. The van der Waals surface area contributed by atoms with E-state index in [4.69, 9.17) is 23.7 Å². The Morgan fingerprint density at radius 3 is 2.23 bits per heavy atom. The molecule has 0 amide bonds. The van der Waals surface area contributed by atoms with Gasteiger partial charge in [-0.2, -0.15) is 0 Å². The lowest BCUT2D eigenvalue weighted by Gasteiger charge is -2.30. The van der Waals surface area contributed by atoms with E-state index >= 15 is 0 Å². The van der Waals surface area contributed by atoms with Crippen LogP contribution >= 0.6 is 0 Å². The third kappa shape index (κ3) is 5.11. The average molecular weight is 530 g/mol. The molecule has 2 fully saturated rings. The van der Waals surface area contributed by atoms with E-state index in [9.17, 15) is 4.79 Å². The number of aryl methyl sites for hydroxylation is 1. The van der Waals surface area contributed by atoms with Gasteiger partial charge in [-0.3, -0.25) is 9.78 Å². The van der Waals surface area contributed by atoms with Gasteiger partial charge in [0.15, 0.2) is 28.8 Å². The number of benzene rings is 2. The lowest BCUT2D eigenvalue weighted by atomic mass is 9.82. The second-order valence-corrected chi connectivity index (χ2v) is 9.98. The van der Waals surface area contributed by atoms with Gasteiger partial charge < -0.3 is 23.7 Å². The highest BCUT2D eigenvalue weighted by Gasteiger charge is 2.58. The van der Waals surface area contributed by atoms with Crippen molar-refractivity contribution in [2.45, 2.75) is 49.7 Å². The fourth-order valence-electron chi connectivity index (χ4n) is 5.93. The second-order valence-electron chi connectivity index (χ2n) is 9.98. The van der Waals surface area contributed by atoms with Crippen LogP contribution in [0.25, 0.3) is 0 Å². The van der Waals surface area contributed by atoms with Crippen LogP contribution in [0.1, 0.15) is 54.4 Å². The van der Waals surface area contributed by atoms with Crippen LogP contribution in [-0.4, -0.2) is 44.8 Å². The third-order valence-corrected chi connectivity index (χ3v) is 7.93. The minimum atomic E-state index is -0.947. The number of carbonyl (C=O) groups is 1. The molecular weight excluding hydrogens is 494 g/mol. The SMILES string of the molecule is COc1ccc(C2CCC3(O2)C(=O)/C(=C/CCc2cccnc2)CC3c2ccc(OC)c(OC)c2)cc1OC. The summed E-state index contributed by atoms with van der Waals surface area (Å²) in [6.07, 6.45) is 9.06. The number of Topliss-reactive ketones (excluding diaryl/α,β-unsaturated/α-hetero) is 1. The van der Waals surface area contributed by atoms with Crippen molar-refractivity contribution >= 4 is 5.78 Å². The van der Waals surface area contributed by atoms with Crippen molar-refractivity contribution in [2.75, 3.05) is 28.4 Å². The summed E-state index contributed by atoms with van der Waals surface area (Å²) >= 11 is 0. The molecule has 0 bridgehead atoms. The van der Waals surface area contributed by atoms with Gasteiger partial charge in [0.2, 0.25) is 0 Å². The Balaban J connectivity index is 1.47. The van der Waals surface area contributed by atoms with Gasteiger partial charge in [-0.25, -0.2) is 0 Å². The maximum Gasteiger partial charge on any atom is 0.190 e. The Labute approximate surface area is 229 Å². The number of allylic oxidation sites excluding steroid dienone is 1. The summed E-state index contributed by atoms with van der Waals surface area (Å²) in [5, 5.41) is 0. The standard InChI is InChI=1S/C32H35NO6/c1-35-27-12-10-22(18-29(27)37-3)25-17-24(9-5-7-21-8-6-16-33-20-21)31(34)32(25)15-14-26(39-32)23-11-13-28(36-2)30(19-23)38-4/h6,8-13,16,18-20,25-26H,5,7,14-15,17H2,1-4H3/b24-9+. The lowest BCUT2D eigenvalue weighted by molar-refractivity contribution is -0.138. The molecule has 5 rings (SSSR count). The average Bonchev–Trinajstić information content (AvgIpc) is 3.55. The van der Waals surface area contributed by atoms with Crippen LogP contribution < -0.4 is 18.9 Å². The first-order chi connectivity index (χ1) is 19.0. The highest BCUT2D eigenvalue weighted by molar-refractivity contribution is 6.06. The Bertz CT molecular complexity index is 1350. The highest BCUT2D eigenvalue weighted by Crippen LogP contribution is 2.56. The van der Waals surface area contributed by atoms with Crippen molar-refractivity contribution in [3.05, 3.63) is 89.3 Å². The normalized spacial score (nSPS) is 23.4. The zero-order chi connectivity index (χ0) is 27.4. The van der Waals surface area contributed by atoms with Gasteiger partial charge in [-0.15, -0.1) is 0 Å². The Hall–Kier alpha value is -3.84. The smallest absolute Gasteiger partial charge is 0.190 e. The van der Waals surface area contributed by atoms with Crippen LogP contribution in [-0.2, 0) is 16.0 Å². The number of hydrogen-bond donors (Lipinski definition) is 0. The zero-order valence-corrected chi connectivity index (χ0v) is 22.9. The predicted molar refractivity (Wildman–Crippen MR) is 148 cm³/mol. The monoisotopic (exact) mass is 529 g/mol. The first-order valence-electron chi connectivity index (χ1n) is 13.3. The van der Waals surface area contributed by atoms with Gasteiger partial charge in [0.05, 0.1) is 34.5 Å². The summed E-state index contributed by atoms with van der Waals surface area (Å²) < 4.78 is 28.8. The van der Waals surface area contributed by atoms with Crippen LogP contribution in [0, 0.1) is 0 Å². The molecule has 2 heterocycles. The van der Waals surface area contributed by atoms with Gasteiger partial charge >= 0.3 is 0 Å². The maximum absolute atomic E-state index is 14.1. The molecule has 3 aromatic rings. The molecule has 1 aliphatic heterocycles. The quantitative estimate of drug-likeness (QED) is 0.314. The molecular formula is C32H35NO6. The molecule has 7 heteroatoms. The van der Waals surface area contributed by atoms with Crippen molar-refractivity contribution in [2.24, 2.45) is 0 Å². The van der Waals surface area contributed by atoms with Gasteiger partial charge in [0, 0.05) is 18.3 Å². The van der Waals surface area contributed by atoms with E-state index in [1.165, 1.54) is 0 Å². The van der Waals surface area contributed by atoms with Gasteiger partial charge in [0.1, 0.15) is 5.60 Å². The summed E-state index contributed by atoms with van der Waals surface area (Å²) in [7, 11) is 6.48. The number of hydrogen-bond acceptors (Lipinski definition) is 7. The van der Waals surface area contributed by atoms with Crippen molar-refractivity contribution in [1.29, 1.82) is 0 Å². The zero-order valence-electron chi connectivity index (χ0n) is 22.9. The number of rotatable bonds is 9. The van der Waals surface area contributed by atoms with E-state index in [0.717, 1.165) is 41.5 Å². The second kappa shape index (κ2) is 11.5. The largest absolute Gasteiger partial charge is 0.493 e. The Morgan fingerprint density at radius 2 is 1.59 bits per heavy atom. The molecule has 3 unspecified atom stereocenters. The van der Waals surface area contributed by atoms with E-state index in [2.05, 4.69) is 17.1 Å². The van der Waals surface area contributed by atoms with Crippen LogP contribution in [0.3, 0.4) is 0 Å². The van der Waals surface area contributed by atoms with Crippen molar-refractivity contribution in [1.82, 2.24) is 4.98 Å². The first-order valence-corrected chi connectivity index (χ1v) is 13.3. The molecule has 204 valence electrons. The minimum Gasteiger partial charge on any atom is -0.493 e. The molecule has 0 radical (unpaired) electrons. The van der Waals surface area contributed by atoms with E-state index < -0.39 is 5.60 Å². The van der Waals surface area contributed by atoms with Crippen molar-refractivity contribution < 1.29 is 28.5 Å². The first kappa shape index (κ1) is 26.8. The van der Waals surface area contributed by atoms with Gasteiger partial charge in [0.25, 0.3) is 0 Å². The number of ketones is 1. The summed E-state index contributed by atoms with van der Waals surface area (Å²) in [6, 6.07) is 15.7.